The number of nitrogens with two attached hydrogens (primary N) is 2. The average molecular weight is 150 g/mol. The Kier molecular flexibility index (Phi) is 2.36. The summed E-state index contributed by atoms with van der Waals surface area (Å²) >= 11 is 0. The van der Waals surface area contributed by atoms with Crippen molar-refractivity contribution in [2.45, 2.75) is 19.8 Å². The third-order valence-electron chi connectivity index (χ3n) is 1.69. The highest BCUT2D eigenvalue weighted by atomic mass is 14.6. The van der Waals surface area contributed by atoms with Crippen LogP contribution in [0.15, 0.2) is 18.2 Å². The SMILES string of the molecule is CCCc1ccc(N)cc1N. The molecule has 0 bridgehead atoms. The summed E-state index contributed by atoms with van der Waals surface area (Å²) in [7, 11) is 0. The molecule has 1 rings (SSSR count). The molecule has 0 spiro atoms. The van der Waals surface area contributed by atoms with Crippen molar-refractivity contribution in [3.05, 3.63) is 23.8 Å². The van der Waals surface area contributed by atoms with Crippen molar-refractivity contribution in [3.8, 4) is 0 Å². The normalized spacial score (nSPS) is 9.91. The van der Waals surface area contributed by atoms with E-state index in [1.165, 1.54) is 5.56 Å². The van der Waals surface area contributed by atoms with Gasteiger partial charge in [-0.15, -0.1) is 0 Å². The molecule has 2 heteroatoms. The van der Waals surface area contributed by atoms with Gasteiger partial charge in [-0.25, -0.2) is 0 Å². The van der Waals surface area contributed by atoms with E-state index in [4.69, 9.17) is 11.5 Å². The van der Waals surface area contributed by atoms with Gasteiger partial charge in [-0.2, -0.15) is 0 Å². The Labute approximate surface area is 67.2 Å². The maximum absolute atomic E-state index is 5.73. The molecule has 0 aliphatic heterocycles. The van der Waals surface area contributed by atoms with Crippen LogP contribution in [0, 0.1) is 0 Å². The van der Waals surface area contributed by atoms with Crippen LogP contribution in [0.4, 0.5) is 11.4 Å². The highest BCUT2D eigenvalue weighted by molar-refractivity contribution is 5.56. The molecule has 1 aromatic rings. The third-order valence-corrected chi connectivity index (χ3v) is 1.69. The fourth-order valence-electron chi connectivity index (χ4n) is 1.11. The molecule has 0 saturated heterocycles. The molecule has 2 nitrogen and oxygen atoms in total. The highest BCUT2D eigenvalue weighted by Gasteiger charge is 1.96. The highest BCUT2D eigenvalue weighted by Crippen LogP contribution is 2.16. The topological polar surface area (TPSA) is 52.0 Å². The van der Waals surface area contributed by atoms with Crippen LogP contribution in [0.1, 0.15) is 18.9 Å². The van der Waals surface area contributed by atoms with E-state index in [0.717, 1.165) is 24.2 Å². The molecule has 0 atom stereocenters. The van der Waals surface area contributed by atoms with Gasteiger partial charge in [-0.05, 0) is 24.1 Å². The number of anilines is 2. The average Bonchev–Trinajstić information content (AvgIpc) is 1.95. The molecule has 0 saturated carbocycles. The molecule has 0 unspecified atom stereocenters. The van der Waals surface area contributed by atoms with E-state index in [-0.39, 0.29) is 0 Å². The van der Waals surface area contributed by atoms with Gasteiger partial charge < -0.3 is 11.5 Å². The maximum atomic E-state index is 5.73. The van der Waals surface area contributed by atoms with Crippen LogP contribution in [0.2, 0.25) is 0 Å². The molecule has 11 heavy (non-hydrogen) atoms. The first-order chi connectivity index (χ1) is 5.24. The first-order valence-electron chi connectivity index (χ1n) is 3.88. The monoisotopic (exact) mass is 150 g/mol. The molecule has 0 aliphatic carbocycles. The van der Waals surface area contributed by atoms with Crippen LogP contribution in [-0.2, 0) is 6.42 Å². The first kappa shape index (κ1) is 7.92. The smallest absolute Gasteiger partial charge is 0.0367 e. The van der Waals surface area contributed by atoms with Crippen molar-refractivity contribution in [2.24, 2.45) is 0 Å². The van der Waals surface area contributed by atoms with Gasteiger partial charge in [0.15, 0.2) is 0 Å². The van der Waals surface area contributed by atoms with Gasteiger partial charge in [0.2, 0.25) is 0 Å². The van der Waals surface area contributed by atoms with Gasteiger partial charge in [0.05, 0.1) is 0 Å². The quantitative estimate of drug-likeness (QED) is 0.631. The largest absolute Gasteiger partial charge is 0.399 e. The van der Waals surface area contributed by atoms with Crippen molar-refractivity contribution in [2.75, 3.05) is 11.5 Å². The predicted octanol–water partition coefficient (Wildman–Crippen LogP) is 1.80. The summed E-state index contributed by atoms with van der Waals surface area (Å²) in [5, 5.41) is 0. The zero-order valence-electron chi connectivity index (χ0n) is 6.80. The summed E-state index contributed by atoms with van der Waals surface area (Å²) in [6.07, 6.45) is 2.15. The van der Waals surface area contributed by atoms with E-state index in [2.05, 4.69) is 6.92 Å². The number of benzene rings is 1. The van der Waals surface area contributed by atoms with Gasteiger partial charge in [0, 0.05) is 11.4 Å². The fraction of sp³-hybridized carbons (Fsp3) is 0.333. The maximum Gasteiger partial charge on any atom is 0.0367 e. The van der Waals surface area contributed by atoms with Crippen molar-refractivity contribution in [1.29, 1.82) is 0 Å². The van der Waals surface area contributed by atoms with E-state index in [1.807, 2.05) is 18.2 Å². The Hall–Kier alpha value is -1.18. The molecule has 0 fully saturated rings. The number of rotatable bonds is 2. The van der Waals surface area contributed by atoms with Gasteiger partial charge in [-0.1, -0.05) is 19.4 Å². The molecule has 0 aromatic heterocycles. The first-order valence-corrected chi connectivity index (χ1v) is 3.88. The second kappa shape index (κ2) is 3.28. The Morgan fingerprint density at radius 3 is 2.55 bits per heavy atom. The van der Waals surface area contributed by atoms with Crippen molar-refractivity contribution < 1.29 is 0 Å². The van der Waals surface area contributed by atoms with Crippen LogP contribution in [0.3, 0.4) is 0 Å². The predicted molar refractivity (Wildman–Crippen MR) is 49.3 cm³/mol. The standard InChI is InChI=1S/C9H14N2/c1-2-3-7-4-5-8(10)6-9(7)11/h4-6H,2-3,10-11H2,1H3. The lowest BCUT2D eigenvalue weighted by atomic mass is 10.1. The van der Waals surface area contributed by atoms with E-state index in [9.17, 15) is 0 Å². The van der Waals surface area contributed by atoms with Gasteiger partial charge in [0.25, 0.3) is 0 Å². The molecule has 1 aromatic carbocycles. The van der Waals surface area contributed by atoms with Crippen molar-refractivity contribution in [1.82, 2.24) is 0 Å². The van der Waals surface area contributed by atoms with Crippen LogP contribution >= 0.6 is 0 Å². The Morgan fingerprint density at radius 1 is 1.27 bits per heavy atom. The number of aryl methyl sites for hydroxylation is 1. The Morgan fingerprint density at radius 2 is 2.00 bits per heavy atom. The van der Waals surface area contributed by atoms with E-state index < -0.39 is 0 Å². The molecule has 60 valence electrons. The summed E-state index contributed by atoms with van der Waals surface area (Å²) in [6, 6.07) is 5.69. The van der Waals surface area contributed by atoms with Gasteiger partial charge >= 0.3 is 0 Å². The third kappa shape index (κ3) is 1.87. The Bertz CT molecular complexity index is 243. The van der Waals surface area contributed by atoms with Crippen LogP contribution in [-0.4, -0.2) is 0 Å². The molecule has 0 heterocycles. The van der Waals surface area contributed by atoms with Gasteiger partial charge in [0.1, 0.15) is 0 Å². The second-order valence-corrected chi connectivity index (χ2v) is 2.71. The molecule has 0 amide bonds. The Balaban J connectivity index is 2.90. The lowest BCUT2D eigenvalue weighted by Gasteiger charge is -2.03. The lowest BCUT2D eigenvalue weighted by molar-refractivity contribution is 0.924. The van der Waals surface area contributed by atoms with Crippen LogP contribution < -0.4 is 11.5 Å². The second-order valence-electron chi connectivity index (χ2n) is 2.71. The van der Waals surface area contributed by atoms with Crippen molar-refractivity contribution in [3.63, 3.8) is 0 Å². The summed E-state index contributed by atoms with van der Waals surface area (Å²) in [4.78, 5) is 0. The molecule has 4 N–H and O–H groups in total. The molecular formula is C9H14N2. The minimum Gasteiger partial charge on any atom is -0.399 e. The number of hydrogen-bond acceptors (Lipinski definition) is 2. The number of nitrogen functional groups attached to an aromatic ring is 2. The molecule has 0 aliphatic rings. The molecule has 0 radical (unpaired) electrons. The van der Waals surface area contributed by atoms with E-state index in [0.29, 0.717) is 0 Å². The lowest BCUT2D eigenvalue weighted by Crippen LogP contribution is -1.95. The van der Waals surface area contributed by atoms with E-state index in [1.54, 1.807) is 0 Å². The zero-order valence-corrected chi connectivity index (χ0v) is 6.80. The number of hydrogen-bond donors (Lipinski definition) is 2. The summed E-state index contributed by atoms with van der Waals surface area (Å²) in [5.74, 6) is 0. The summed E-state index contributed by atoms with van der Waals surface area (Å²) in [5.41, 5.74) is 14.0. The van der Waals surface area contributed by atoms with E-state index >= 15 is 0 Å². The van der Waals surface area contributed by atoms with Gasteiger partial charge in [-0.3, -0.25) is 0 Å². The minimum atomic E-state index is 0.738. The van der Waals surface area contributed by atoms with Crippen LogP contribution in [0.5, 0.6) is 0 Å². The van der Waals surface area contributed by atoms with Crippen molar-refractivity contribution >= 4 is 11.4 Å². The summed E-state index contributed by atoms with van der Waals surface area (Å²) in [6.45, 7) is 2.13. The van der Waals surface area contributed by atoms with Crippen LogP contribution in [0.25, 0.3) is 0 Å². The minimum absolute atomic E-state index is 0.738. The zero-order chi connectivity index (χ0) is 8.27. The molecular weight excluding hydrogens is 136 g/mol. The summed E-state index contributed by atoms with van der Waals surface area (Å²) < 4.78 is 0. The fourth-order valence-corrected chi connectivity index (χ4v) is 1.11.